The summed E-state index contributed by atoms with van der Waals surface area (Å²) < 4.78 is 0. The minimum absolute atomic E-state index is 0.000779. The van der Waals surface area contributed by atoms with Crippen LogP contribution in [-0.2, 0) is 11.2 Å². The van der Waals surface area contributed by atoms with Gasteiger partial charge in [-0.25, -0.2) is 0 Å². The van der Waals surface area contributed by atoms with Crippen molar-refractivity contribution < 1.29 is 4.79 Å². The molecule has 3 nitrogen and oxygen atoms in total. The smallest absolute Gasteiger partial charge is 0.224 e. The third kappa shape index (κ3) is 4.09. The van der Waals surface area contributed by atoms with Gasteiger partial charge in [0.05, 0.1) is 12.5 Å². The molecule has 2 rings (SSSR count). The third-order valence-corrected chi connectivity index (χ3v) is 3.59. The lowest BCUT2D eigenvalue weighted by Crippen LogP contribution is -2.28. The van der Waals surface area contributed by atoms with Crippen LogP contribution in [0, 0.1) is 13.8 Å². The number of nitrogens with one attached hydrogen (secondary N) is 1. The first-order valence-electron chi connectivity index (χ1n) is 7.16. The van der Waals surface area contributed by atoms with E-state index < -0.39 is 0 Å². The van der Waals surface area contributed by atoms with Gasteiger partial charge in [-0.05, 0) is 49.6 Å². The Kier molecular flexibility index (Phi) is 4.63. The number of carbonyl (C=O) groups is 1. The second-order valence-electron chi connectivity index (χ2n) is 5.57. The Balaban J connectivity index is 2.02. The Labute approximate surface area is 126 Å². The van der Waals surface area contributed by atoms with Gasteiger partial charge in [-0.2, -0.15) is 0 Å². The van der Waals surface area contributed by atoms with Crippen molar-refractivity contribution in [2.75, 3.05) is 5.73 Å². The molecule has 1 amide bonds. The molecule has 0 heterocycles. The zero-order valence-electron chi connectivity index (χ0n) is 12.8. The monoisotopic (exact) mass is 282 g/mol. The van der Waals surface area contributed by atoms with E-state index in [1.54, 1.807) is 0 Å². The van der Waals surface area contributed by atoms with Gasteiger partial charge in [-0.1, -0.05) is 35.9 Å². The maximum absolute atomic E-state index is 12.1. The summed E-state index contributed by atoms with van der Waals surface area (Å²) in [7, 11) is 0. The topological polar surface area (TPSA) is 55.1 Å². The molecule has 0 saturated heterocycles. The summed E-state index contributed by atoms with van der Waals surface area (Å²) in [6, 6.07) is 13.7. The molecule has 1 atom stereocenters. The van der Waals surface area contributed by atoms with Crippen molar-refractivity contribution in [3.8, 4) is 0 Å². The van der Waals surface area contributed by atoms with E-state index in [1.807, 2.05) is 31.2 Å². The highest BCUT2D eigenvalue weighted by Crippen LogP contribution is 2.18. The average molecular weight is 282 g/mol. The van der Waals surface area contributed by atoms with E-state index in [9.17, 15) is 4.79 Å². The number of aryl methyl sites for hydroxylation is 2. The highest BCUT2D eigenvalue weighted by molar-refractivity contribution is 5.79. The van der Waals surface area contributed by atoms with Crippen molar-refractivity contribution in [1.29, 1.82) is 0 Å². The van der Waals surface area contributed by atoms with Gasteiger partial charge in [0.15, 0.2) is 0 Å². The van der Waals surface area contributed by atoms with Crippen LogP contribution in [0.5, 0.6) is 0 Å². The zero-order valence-corrected chi connectivity index (χ0v) is 12.8. The molecular weight excluding hydrogens is 260 g/mol. The SMILES string of the molecule is Cc1ccc(C(C)NC(=O)Cc2cccc(N)c2)c(C)c1. The lowest BCUT2D eigenvalue weighted by molar-refractivity contribution is -0.121. The fraction of sp³-hybridized carbons (Fsp3) is 0.278. The largest absolute Gasteiger partial charge is 0.399 e. The predicted octanol–water partition coefficient (Wildman–Crippen LogP) is 3.31. The predicted molar refractivity (Wildman–Crippen MR) is 87.0 cm³/mol. The van der Waals surface area contributed by atoms with Crippen LogP contribution in [0.4, 0.5) is 5.69 Å². The lowest BCUT2D eigenvalue weighted by Gasteiger charge is -2.17. The van der Waals surface area contributed by atoms with Gasteiger partial charge in [-0.15, -0.1) is 0 Å². The minimum Gasteiger partial charge on any atom is -0.399 e. The Hall–Kier alpha value is -2.29. The van der Waals surface area contributed by atoms with Gasteiger partial charge in [0.25, 0.3) is 0 Å². The molecule has 0 fully saturated rings. The van der Waals surface area contributed by atoms with Crippen molar-refractivity contribution in [1.82, 2.24) is 5.32 Å². The molecule has 3 heteroatoms. The summed E-state index contributed by atoms with van der Waals surface area (Å²) in [5.74, 6) is 0.00748. The summed E-state index contributed by atoms with van der Waals surface area (Å²) in [4.78, 5) is 12.1. The van der Waals surface area contributed by atoms with E-state index >= 15 is 0 Å². The van der Waals surface area contributed by atoms with Crippen molar-refractivity contribution >= 4 is 11.6 Å². The molecule has 2 aromatic carbocycles. The van der Waals surface area contributed by atoms with E-state index in [4.69, 9.17) is 5.73 Å². The Bertz CT molecular complexity index is 649. The number of amides is 1. The van der Waals surface area contributed by atoms with Gasteiger partial charge in [0.1, 0.15) is 0 Å². The van der Waals surface area contributed by atoms with Crippen LogP contribution in [0.3, 0.4) is 0 Å². The number of hydrogen-bond donors (Lipinski definition) is 2. The second-order valence-corrected chi connectivity index (χ2v) is 5.57. The van der Waals surface area contributed by atoms with E-state index in [1.165, 1.54) is 11.1 Å². The summed E-state index contributed by atoms with van der Waals surface area (Å²) in [6.07, 6.45) is 0.348. The van der Waals surface area contributed by atoms with E-state index in [0.717, 1.165) is 11.1 Å². The van der Waals surface area contributed by atoms with Crippen LogP contribution in [0.1, 0.15) is 35.2 Å². The number of benzene rings is 2. The number of rotatable bonds is 4. The van der Waals surface area contributed by atoms with Crippen LogP contribution in [-0.4, -0.2) is 5.91 Å². The number of carbonyl (C=O) groups excluding carboxylic acids is 1. The van der Waals surface area contributed by atoms with Gasteiger partial charge >= 0.3 is 0 Å². The average Bonchev–Trinajstić information content (AvgIpc) is 2.38. The van der Waals surface area contributed by atoms with Gasteiger partial charge < -0.3 is 11.1 Å². The van der Waals surface area contributed by atoms with E-state index in [-0.39, 0.29) is 11.9 Å². The van der Waals surface area contributed by atoms with Crippen LogP contribution in [0.2, 0.25) is 0 Å². The van der Waals surface area contributed by atoms with Crippen molar-refractivity contribution in [2.24, 2.45) is 0 Å². The highest BCUT2D eigenvalue weighted by atomic mass is 16.1. The Morgan fingerprint density at radius 2 is 1.95 bits per heavy atom. The Morgan fingerprint density at radius 1 is 1.19 bits per heavy atom. The molecule has 3 N–H and O–H groups in total. The summed E-state index contributed by atoms with van der Waals surface area (Å²) in [5.41, 5.74) is 10.9. The number of nitrogens with two attached hydrogens (primary N) is 1. The fourth-order valence-electron chi connectivity index (χ4n) is 2.57. The normalized spacial score (nSPS) is 12.0. The zero-order chi connectivity index (χ0) is 15.4. The van der Waals surface area contributed by atoms with Crippen LogP contribution in [0.25, 0.3) is 0 Å². The molecular formula is C18H22N2O. The van der Waals surface area contributed by atoms with Gasteiger partial charge in [0.2, 0.25) is 5.91 Å². The maximum atomic E-state index is 12.1. The number of hydrogen-bond acceptors (Lipinski definition) is 2. The summed E-state index contributed by atoms with van der Waals surface area (Å²) >= 11 is 0. The highest BCUT2D eigenvalue weighted by Gasteiger charge is 2.12. The standard InChI is InChI=1S/C18H22N2O/c1-12-7-8-17(13(2)9-12)14(3)20-18(21)11-15-5-4-6-16(19)10-15/h4-10,14H,11,19H2,1-3H3,(H,20,21). The molecule has 0 aliphatic carbocycles. The molecule has 2 aromatic rings. The molecule has 0 saturated carbocycles. The molecule has 0 spiro atoms. The van der Waals surface area contributed by atoms with E-state index in [2.05, 4.69) is 37.4 Å². The quantitative estimate of drug-likeness (QED) is 0.845. The first-order valence-corrected chi connectivity index (χ1v) is 7.16. The number of anilines is 1. The van der Waals surface area contributed by atoms with Gasteiger partial charge in [-0.3, -0.25) is 4.79 Å². The molecule has 1 unspecified atom stereocenters. The molecule has 0 bridgehead atoms. The van der Waals surface area contributed by atoms with Crippen molar-refractivity contribution in [2.45, 2.75) is 33.2 Å². The fourth-order valence-corrected chi connectivity index (χ4v) is 2.57. The van der Waals surface area contributed by atoms with Crippen molar-refractivity contribution in [3.63, 3.8) is 0 Å². The summed E-state index contributed by atoms with van der Waals surface area (Å²) in [6.45, 7) is 6.15. The minimum atomic E-state index is -0.000779. The molecule has 21 heavy (non-hydrogen) atoms. The summed E-state index contributed by atoms with van der Waals surface area (Å²) in [5, 5.41) is 3.04. The second kappa shape index (κ2) is 6.44. The first-order chi connectivity index (χ1) is 9.95. The van der Waals surface area contributed by atoms with Crippen LogP contribution < -0.4 is 11.1 Å². The van der Waals surface area contributed by atoms with Crippen LogP contribution >= 0.6 is 0 Å². The molecule has 0 aliphatic rings. The van der Waals surface area contributed by atoms with E-state index in [0.29, 0.717) is 12.1 Å². The number of nitrogen functional groups attached to an aromatic ring is 1. The molecule has 0 radical (unpaired) electrons. The molecule has 0 aliphatic heterocycles. The third-order valence-electron chi connectivity index (χ3n) is 3.59. The molecule has 0 aromatic heterocycles. The van der Waals surface area contributed by atoms with Crippen molar-refractivity contribution in [3.05, 3.63) is 64.7 Å². The molecule has 110 valence electrons. The van der Waals surface area contributed by atoms with Crippen LogP contribution in [0.15, 0.2) is 42.5 Å². The van der Waals surface area contributed by atoms with Gasteiger partial charge in [0, 0.05) is 5.69 Å². The Morgan fingerprint density at radius 3 is 2.62 bits per heavy atom. The maximum Gasteiger partial charge on any atom is 0.224 e. The lowest BCUT2D eigenvalue weighted by atomic mass is 10.00. The first kappa shape index (κ1) is 15.1.